The van der Waals surface area contributed by atoms with Gasteiger partial charge in [0.1, 0.15) is 5.78 Å². The quantitative estimate of drug-likeness (QED) is 0.657. The number of ketones is 1. The lowest BCUT2D eigenvalue weighted by molar-refractivity contribution is -0.135. The average molecular weight is 207 g/mol. The molecule has 0 aromatic heterocycles. The van der Waals surface area contributed by atoms with Crippen molar-refractivity contribution in [3.63, 3.8) is 0 Å². The molecule has 2 nitrogen and oxygen atoms in total. The fourth-order valence-corrected chi connectivity index (χ4v) is 3.92. The minimum atomic E-state index is 0.413. The number of nitrogens with zero attached hydrogens (tertiary/aromatic N) is 1. The summed E-state index contributed by atoms with van der Waals surface area (Å²) in [6.45, 7) is 2.50. The summed E-state index contributed by atoms with van der Waals surface area (Å²) >= 11 is 0. The van der Waals surface area contributed by atoms with Crippen LogP contribution >= 0.6 is 0 Å². The molecule has 0 unspecified atom stereocenters. The van der Waals surface area contributed by atoms with Crippen LogP contribution in [0.15, 0.2) is 0 Å². The summed E-state index contributed by atoms with van der Waals surface area (Å²) in [6.07, 6.45) is 8.82. The van der Waals surface area contributed by atoms with E-state index in [2.05, 4.69) is 4.90 Å². The maximum Gasteiger partial charge on any atom is 0.140 e. The summed E-state index contributed by atoms with van der Waals surface area (Å²) in [7, 11) is 0. The molecule has 0 aromatic carbocycles. The molecule has 1 heterocycles. The second-order valence-electron chi connectivity index (χ2n) is 5.52. The molecule has 1 saturated heterocycles. The molecule has 0 spiro atoms. The van der Waals surface area contributed by atoms with Gasteiger partial charge in [-0.1, -0.05) is 6.42 Å². The molecule has 1 aliphatic heterocycles. The van der Waals surface area contributed by atoms with Gasteiger partial charge in [0.15, 0.2) is 0 Å². The van der Waals surface area contributed by atoms with Crippen LogP contribution in [0.25, 0.3) is 0 Å². The Hall–Kier alpha value is -0.370. The molecule has 3 atom stereocenters. The Kier molecular flexibility index (Phi) is 2.55. The summed E-state index contributed by atoms with van der Waals surface area (Å²) in [5.41, 5.74) is 0. The molecule has 2 heteroatoms. The normalized spacial score (nSPS) is 42.1. The topological polar surface area (TPSA) is 20.3 Å². The van der Waals surface area contributed by atoms with Crippen molar-refractivity contribution in [2.45, 2.75) is 51.0 Å². The van der Waals surface area contributed by atoms with E-state index in [1.54, 1.807) is 0 Å². The van der Waals surface area contributed by atoms with E-state index < -0.39 is 0 Å². The van der Waals surface area contributed by atoms with Crippen molar-refractivity contribution in [2.24, 2.45) is 11.8 Å². The van der Waals surface area contributed by atoms with Crippen molar-refractivity contribution in [3.05, 3.63) is 0 Å². The molecule has 84 valence electrons. The standard InChI is InChI=1S/C13H21NO/c15-13-10-4-3-5-11(13)12(7-6-10)14-8-1-2-9-14/h10-12H,1-9H2/t10-,11-,12+/m0/s1. The van der Waals surface area contributed by atoms with Gasteiger partial charge in [-0.25, -0.2) is 0 Å². The molecule has 2 bridgehead atoms. The van der Waals surface area contributed by atoms with Crippen LogP contribution in [0.4, 0.5) is 0 Å². The zero-order valence-corrected chi connectivity index (χ0v) is 9.45. The highest BCUT2D eigenvalue weighted by Gasteiger charge is 2.42. The summed E-state index contributed by atoms with van der Waals surface area (Å²) in [4.78, 5) is 14.7. The molecule has 3 fully saturated rings. The van der Waals surface area contributed by atoms with Crippen molar-refractivity contribution in [1.82, 2.24) is 4.90 Å². The number of carbonyl (C=O) groups excluding carboxylic acids is 1. The lowest BCUT2D eigenvalue weighted by Crippen LogP contribution is -2.49. The minimum Gasteiger partial charge on any atom is -0.300 e. The molecule has 0 aromatic rings. The predicted molar refractivity (Wildman–Crippen MR) is 59.7 cm³/mol. The second kappa shape index (κ2) is 3.89. The summed E-state index contributed by atoms with van der Waals surface area (Å²) < 4.78 is 0. The van der Waals surface area contributed by atoms with Gasteiger partial charge in [-0.05, 0) is 51.6 Å². The number of Topliss-reactive ketones (excluding diaryl/α,β-unsaturated/α-hetero) is 1. The molecule has 3 rings (SSSR count). The zero-order valence-electron chi connectivity index (χ0n) is 9.45. The maximum absolute atomic E-state index is 12.1. The number of hydrogen-bond acceptors (Lipinski definition) is 2. The van der Waals surface area contributed by atoms with Gasteiger partial charge in [0.05, 0.1) is 0 Å². The number of likely N-dealkylation sites (tertiary alicyclic amines) is 1. The van der Waals surface area contributed by atoms with E-state index in [0.717, 1.165) is 0 Å². The Labute approximate surface area is 92.0 Å². The van der Waals surface area contributed by atoms with E-state index in [4.69, 9.17) is 0 Å². The van der Waals surface area contributed by atoms with Crippen LogP contribution in [0.1, 0.15) is 44.9 Å². The van der Waals surface area contributed by atoms with Gasteiger partial charge in [-0.2, -0.15) is 0 Å². The number of fused-ring (bicyclic) bond motifs is 2. The smallest absolute Gasteiger partial charge is 0.140 e. The van der Waals surface area contributed by atoms with Crippen molar-refractivity contribution in [2.75, 3.05) is 13.1 Å². The molecule has 0 radical (unpaired) electrons. The molecular formula is C13H21NO. The van der Waals surface area contributed by atoms with Crippen LogP contribution in [0.3, 0.4) is 0 Å². The number of hydrogen-bond donors (Lipinski definition) is 0. The van der Waals surface area contributed by atoms with Gasteiger partial charge in [-0.15, -0.1) is 0 Å². The van der Waals surface area contributed by atoms with E-state index in [1.165, 1.54) is 58.0 Å². The minimum absolute atomic E-state index is 0.413. The first-order valence-electron chi connectivity index (χ1n) is 6.64. The van der Waals surface area contributed by atoms with Gasteiger partial charge in [0.2, 0.25) is 0 Å². The van der Waals surface area contributed by atoms with E-state index in [9.17, 15) is 4.79 Å². The Morgan fingerprint density at radius 2 is 1.73 bits per heavy atom. The van der Waals surface area contributed by atoms with Gasteiger partial charge in [0.25, 0.3) is 0 Å². The van der Waals surface area contributed by atoms with E-state index in [1.807, 2.05) is 0 Å². The average Bonchev–Trinajstić information content (AvgIpc) is 2.70. The fourth-order valence-electron chi connectivity index (χ4n) is 3.92. The SMILES string of the molecule is O=C1[C@H]2CCC[C@H]1[C@H](N1CCCC1)CC2. The summed E-state index contributed by atoms with van der Waals surface area (Å²) in [6, 6.07) is 0.622. The van der Waals surface area contributed by atoms with Crippen LogP contribution in [0, 0.1) is 11.8 Å². The lowest BCUT2D eigenvalue weighted by atomic mass is 9.68. The van der Waals surface area contributed by atoms with Gasteiger partial charge < -0.3 is 0 Å². The monoisotopic (exact) mass is 207 g/mol. The zero-order chi connectivity index (χ0) is 10.3. The molecule has 2 aliphatic carbocycles. The molecule has 3 aliphatic rings. The van der Waals surface area contributed by atoms with Crippen molar-refractivity contribution >= 4 is 5.78 Å². The van der Waals surface area contributed by atoms with Gasteiger partial charge >= 0.3 is 0 Å². The van der Waals surface area contributed by atoms with E-state index in [-0.39, 0.29) is 0 Å². The van der Waals surface area contributed by atoms with Crippen molar-refractivity contribution in [1.29, 1.82) is 0 Å². The Morgan fingerprint density at radius 3 is 2.53 bits per heavy atom. The predicted octanol–water partition coefficient (Wildman–Crippen LogP) is 2.23. The van der Waals surface area contributed by atoms with Crippen molar-refractivity contribution in [3.8, 4) is 0 Å². The fraction of sp³-hybridized carbons (Fsp3) is 0.923. The van der Waals surface area contributed by atoms with Crippen LogP contribution in [-0.4, -0.2) is 29.8 Å². The first-order chi connectivity index (χ1) is 7.36. The van der Waals surface area contributed by atoms with E-state index in [0.29, 0.717) is 23.7 Å². The molecule has 0 amide bonds. The largest absolute Gasteiger partial charge is 0.300 e. The van der Waals surface area contributed by atoms with Crippen LogP contribution in [0.2, 0.25) is 0 Å². The summed E-state index contributed by atoms with van der Waals surface area (Å²) in [5.74, 6) is 1.47. The molecule has 2 saturated carbocycles. The lowest BCUT2D eigenvalue weighted by Gasteiger charge is -2.42. The first-order valence-corrected chi connectivity index (χ1v) is 6.64. The third-order valence-electron chi connectivity index (χ3n) is 4.72. The third kappa shape index (κ3) is 1.63. The molecular weight excluding hydrogens is 186 g/mol. The highest BCUT2D eigenvalue weighted by molar-refractivity contribution is 5.85. The number of carbonyl (C=O) groups is 1. The first kappa shape index (κ1) is 9.83. The molecule has 0 N–H and O–H groups in total. The van der Waals surface area contributed by atoms with Crippen LogP contribution in [0.5, 0.6) is 0 Å². The van der Waals surface area contributed by atoms with Crippen molar-refractivity contribution < 1.29 is 4.79 Å². The molecule has 15 heavy (non-hydrogen) atoms. The number of rotatable bonds is 1. The highest BCUT2D eigenvalue weighted by atomic mass is 16.1. The second-order valence-corrected chi connectivity index (χ2v) is 5.52. The Balaban J connectivity index is 1.75. The third-order valence-corrected chi connectivity index (χ3v) is 4.72. The van der Waals surface area contributed by atoms with Gasteiger partial charge in [-0.3, -0.25) is 9.69 Å². The maximum atomic E-state index is 12.1. The Bertz CT molecular complexity index is 257. The summed E-state index contributed by atoms with van der Waals surface area (Å²) in [5, 5.41) is 0. The van der Waals surface area contributed by atoms with Crippen LogP contribution in [-0.2, 0) is 4.79 Å². The van der Waals surface area contributed by atoms with E-state index >= 15 is 0 Å². The van der Waals surface area contributed by atoms with Gasteiger partial charge in [0, 0.05) is 17.9 Å². The van der Waals surface area contributed by atoms with Crippen LogP contribution < -0.4 is 0 Å². The highest BCUT2D eigenvalue weighted by Crippen LogP contribution is 2.40. The Morgan fingerprint density at radius 1 is 0.933 bits per heavy atom.